The van der Waals surface area contributed by atoms with Gasteiger partial charge in [-0.05, 0) is 40.0 Å². The second-order valence-corrected chi connectivity index (χ2v) is 7.59. The van der Waals surface area contributed by atoms with Gasteiger partial charge in [0.15, 0.2) is 5.96 Å². The van der Waals surface area contributed by atoms with Gasteiger partial charge in [0.05, 0.1) is 12.7 Å². The maximum Gasteiger partial charge on any atom is 0.243 e. The van der Waals surface area contributed by atoms with E-state index in [4.69, 9.17) is 4.74 Å². The van der Waals surface area contributed by atoms with Gasteiger partial charge in [0.1, 0.15) is 6.54 Å². The highest BCUT2D eigenvalue weighted by Gasteiger charge is 2.20. The Hall–Kier alpha value is -1.34. The lowest BCUT2D eigenvalue weighted by atomic mass is 10.1. The van der Waals surface area contributed by atoms with E-state index in [2.05, 4.69) is 48.2 Å². The number of aliphatic imine (C=N–C) groups is 1. The minimum atomic E-state index is 0.00947. The molecule has 26 heavy (non-hydrogen) atoms. The highest BCUT2D eigenvalue weighted by Crippen LogP contribution is 2.10. The summed E-state index contributed by atoms with van der Waals surface area (Å²) in [5.74, 6) is 0.756. The van der Waals surface area contributed by atoms with Crippen LogP contribution in [0.2, 0.25) is 0 Å². The molecule has 0 saturated carbocycles. The number of rotatable bonds is 9. The lowest BCUT2D eigenvalue weighted by molar-refractivity contribution is -0.127. The molecule has 2 N–H and O–H groups in total. The molecule has 0 bridgehead atoms. The molecule has 152 valence electrons. The Bertz CT molecular complexity index is 432. The number of likely N-dealkylation sites (tertiary alicyclic amines) is 1. The fraction of sp³-hybridized carbons (Fsp3) is 0.895. The fourth-order valence-corrected chi connectivity index (χ4v) is 2.67. The lowest BCUT2D eigenvalue weighted by Crippen LogP contribution is -2.51. The van der Waals surface area contributed by atoms with Gasteiger partial charge in [-0.3, -0.25) is 4.79 Å². The van der Waals surface area contributed by atoms with Crippen molar-refractivity contribution in [1.82, 2.24) is 20.4 Å². The molecule has 1 amide bonds. The number of amides is 1. The molecule has 1 unspecified atom stereocenters. The number of carbonyl (C=O) groups excluding carboxylic acids is 1. The molecule has 0 radical (unpaired) electrons. The van der Waals surface area contributed by atoms with Crippen LogP contribution >= 0.6 is 0 Å². The first kappa shape index (κ1) is 22.7. The summed E-state index contributed by atoms with van der Waals surface area (Å²) in [5, 5.41) is 6.92. The second-order valence-electron chi connectivity index (χ2n) is 7.59. The van der Waals surface area contributed by atoms with Crippen molar-refractivity contribution in [2.24, 2.45) is 4.99 Å². The molecule has 1 heterocycles. The van der Waals surface area contributed by atoms with Crippen LogP contribution in [0.5, 0.6) is 0 Å². The van der Waals surface area contributed by atoms with Crippen molar-refractivity contribution in [3.8, 4) is 0 Å². The molecule has 1 aliphatic heterocycles. The molecule has 1 saturated heterocycles. The van der Waals surface area contributed by atoms with Gasteiger partial charge >= 0.3 is 0 Å². The van der Waals surface area contributed by atoms with Gasteiger partial charge in [0.25, 0.3) is 0 Å². The van der Waals surface area contributed by atoms with Gasteiger partial charge < -0.3 is 25.2 Å². The van der Waals surface area contributed by atoms with Crippen molar-refractivity contribution >= 4 is 11.9 Å². The molecule has 0 aromatic rings. The predicted octanol–water partition coefficient (Wildman–Crippen LogP) is 1.30. The molecular formula is C19H39N5O2. The number of nitrogens with one attached hydrogen (secondary N) is 2. The van der Waals surface area contributed by atoms with Crippen molar-refractivity contribution in [3.05, 3.63) is 0 Å². The maximum atomic E-state index is 11.8. The summed E-state index contributed by atoms with van der Waals surface area (Å²) in [4.78, 5) is 20.3. The third-order valence-electron chi connectivity index (χ3n) is 4.65. The Kier molecular flexibility index (Phi) is 10.6. The fourth-order valence-electron chi connectivity index (χ4n) is 2.67. The van der Waals surface area contributed by atoms with Crippen molar-refractivity contribution < 1.29 is 9.53 Å². The zero-order chi connectivity index (χ0) is 19.5. The Balaban J connectivity index is 2.47. The first-order valence-corrected chi connectivity index (χ1v) is 9.93. The highest BCUT2D eigenvalue weighted by atomic mass is 16.5. The molecule has 0 spiro atoms. The third-order valence-corrected chi connectivity index (χ3v) is 4.65. The minimum absolute atomic E-state index is 0.00947. The van der Waals surface area contributed by atoms with Crippen LogP contribution in [0.25, 0.3) is 0 Å². The zero-order valence-electron chi connectivity index (χ0n) is 17.5. The molecule has 1 fully saturated rings. The number of guanidine groups is 1. The van der Waals surface area contributed by atoms with Crippen LogP contribution in [0.4, 0.5) is 0 Å². The molecule has 0 aromatic carbocycles. The topological polar surface area (TPSA) is 69.2 Å². The third kappa shape index (κ3) is 9.38. The summed E-state index contributed by atoms with van der Waals surface area (Å²) < 4.78 is 5.64. The van der Waals surface area contributed by atoms with Crippen molar-refractivity contribution in [2.45, 2.75) is 65.1 Å². The van der Waals surface area contributed by atoms with E-state index in [1.165, 1.54) is 0 Å². The van der Waals surface area contributed by atoms with Gasteiger partial charge in [0, 0.05) is 45.8 Å². The smallest absolute Gasteiger partial charge is 0.243 e. The average molecular weight is 370 g/mol. The molecule has 1 aliphatic rings. The van der Waals surface area contributed by atoms with E-state index in [1.807, 2.05) is 0 Å². The molecule has 7 nitrogen and oxygen atoms in total. The van der Waals surface area contributed by atoms with E-state index in [9.17, 15) is 4.79 Å². The van der Waals surface area contributed by atoms with E-state index in [1.54, 1.807) is 19.0 Å². The Labute approximate surface area is 159 Å². The summed E-state index contributed by atoms with van der Waals surface area (Å²) in [6.45, 7) is 12.5. The number of piperidine rings is 1. The Morgan fingerprint density at radius 1 is 1.27 bits per heavy atom. The first-order chi connectivity index (χ1) is 12.3. The van der Waals surface area contributed by atoms with Crippen molar-refractivity contribution in [2.75, 3.05) is 46.9 Å². The summed E-state index contributed by atoms with van der Waals surface area (Å²) in [7, 11) is 3.51. The SMILES string of the molecule is CCC(C)NC(=NCC(=O)N(C)C)NC1CCN(CCOC(C)C)CC1. The van der Waals surface area contributed by atoms with Crippen LogP contribution < -0.4 is 10.6 Å². The van der Waals surface area contributed by atoms with Crippen LogP contribution in [-0.4, -0.2) is 86.7 Å². The van der Waals surface area contributed by atoms with Crippen LogP contribution in [0.1, 0.15) is 47.0 Å². The first-order valence-electron chi connectivity index (χ1n) is 9.93. The number of carbonyl (C=O) groups is 1. The lowest BCUT2D eigenvalue weighted by Gasteiger charge is -2.33. The van der Waals surface area contributed by atoms with E-state index < -0.39 is 0 Å². The number of ether oxygens (including phenoxy) is 1. The highest BCUT2D eigenvalue weighted by molar-refractivity contribution is 5.85. The molecule has 1 atom stereocenters. The quantitative estimate of drug-likeness (QED) is 0.474. The van der Waals surface area contributed by atoms with Crippen LogP contribution in [0.3, 0.4) is 0 Å². The van der Waals surface area contributed by atoms with Gasteiger partial charge in [0.2, 0.25) is 5.91 Å². The van der Waals surface area contributed by atoms with Crippen molar-refractivity contribution in [1.29, 1.82) is 0 Å². The largest absolute Gasteiger partial charge is 0.377 e. The average Bonchev–Trinajstić information content (AvgIpc) is 2.60. The Morgan fingerprint density at radius 3 is 2.46 bits per heavy atom. The van der Waals surface area contributed by atoms with Gasteiger partial charge in [-0.1, -0.05) is 6.92 Å². The van der Waals surface area contributed by atoms with Gasteiger partial charge in [-0.2, -0.15) is 0 Å². The van der Waals surface area contributed by atoms with Gasteiger partial charge in [-0.15, -0.1) is 0 Å². The molecule has 0 aromatic heterocycles. The standard InChI is InChI=1S/C19H39N5O2/c1-7-16(4)21-19(20-14-18(25)23(5)6)22-17-8-10-24(11-9-17)12-13-26-15(2)3/h15-17H,7-14H2,1-6H3,(H2,20,21,22). The van der Waals surface area contributed by atoms with Gasteiger partial charge in [-0.25, -0.2) is 4.99 Å². The second kappa shape index (κ2) is 12.1. The normalized spacial score (nSPS) is 18.0. The van der Waals surface area contributed by atoms with Crippen LogP contribution in [0, 0.1) is 0 Å². The number of nitrogens with zero attached hydrogens (tertiary/aromatic N) is 3. The van der Waals surface area contributed by atoms with Crippen LogP contribution in [-0.2, 0) is 9.53 Å². The summed E-state index contributed by atoms with van der Waals surface area (Å²) in [6.07, 6.45) is 3.45. The maximum absolute atomic E-state index is 11.8. The Morgan fingerprint density at radius 2 is 1.92 bits per heavy atom. The van der Waals surface area contributed by atoms with E-state index >= 15 is 0 Å². The number of hydrogen-bond acceptors (Lipinski definition) is 4. The summed E-state index contributed by atoms with van der Waals surface area (Å²) >= 11 is 0. The molecular weight excluding hydrogens is 330 g/mol. The molecule has 0 aliphatic carbocycles. The minimum Gasteiger partial charge on any atom is -0.377 e. The molecule has 1 rings (SSSR count). The van der Waals surface area contributed by atoms with E-state index in [0.717, 1.165) is 51.5 Å². The summed E-state index contributed by atoms with van der Waals surface area (Å²) in [5.41, 5.74) is 0. The van der Waals surface area contributed by atoms with E-state index in [-0.39, 0.29) is 12.5 Å². The van der Waals surface area contributed by atoms with E-state index in [0.29, 0.717) is 18.2 Å². The summed E-state index contributed by atoms with van der Waals surface area (Å²) in [6, 6.07) is 0.714. The zero-order valence-corrected chi connectivity index (χ0v) is 17.5. The monoisotopic (exact) mass is 369 g/mol. The number of hydrogen-bond donors (Lipinski definition) is 2. The van der Waals surface area contributed by atoms with Crippen LogP contribution in [0.15, 0.2) is 4.99 Å². The van der Waals surface area contributed by atoms with Crippen molar-refractivity contribution in [3.63, 3.8) is 0 Å². The predicted molar refractivity (Wildman–Crippen MR) is 108 cm³/mol. The molecule has 7 heteroatoms. The number of likely N-dealkylation sites (N-methyl/N-ethyl adjacent to an activating group) is 1.